The van der Waals surface area contributed by atoms with E-state index < -0.39 is 0 Å². The SMILES string of the molecule is O=C(c1ccc(N2C(=O)c3ccccc3C2=O)cc1)N1CCN(c2ccccn2)CC1. The number of hydrogen-bond acceptors (Lipinski definition) is 5. The molecule has 5 rings (SSSR count). The number of amides is 3. The van der Waals surface area contributed by atoms with Gasteiger partial charge < -0.3 is 9.80 Å². The molecule has 7 nitrogen and oxygen atoms in total. The molecule has 7 heteroatoms. The van der Waals surface area contributed by atoms with Crippen LogP contribution >= 0.6 is 0 Å². The van der Waals surface area contributed by atoms with E-state index >= 15 is 0 Å². The first kappa shape index (κ1) is 19.0. The van der Waals surface area contributed by atoms with Crippen LogP contribution in [0.4, 0.5) is 11.5 Å². The number of pyridine rings is 1. The lowest BCUT2D eigenvalue weighted by atomic mass is 10.1. The van der Waals surface area contributed by atoms with E-state index in [1.165, 1.54) is 0 Å². The van der Waals surface area contributed by atoms with Gasteiger partial charge in [0.2, 0.25) is 0 Å². The van der Waals surface area contributed by atoms with Crippen LogP contribution in [-0.2, 0) is 0 Å². The van der Waals surface area contributed by atoms with Gasteiger partial charge in [0.1, 0.15) is 5.82 Å². The van der Waals surface area contributed by atoms with Crippen LogP contribution < -0.4 is 9.80 Å². The Morgan fingerprint density at radius 1 is 0.742 bits per heavy atom. The minimum atomic E-state index is -0.342. The zero-order valence-electron chi connectivity index (χ0n) is 16.8. The van der Waals surface area contributed by atoms with Gasteiger partial charge in [-0.25, -0.2) is 9.88 Å². The van der Waals surface area contributed by atoms with E-state index in [0.29, 0.717) is 35.5 Å². The summed E-state index contributed by atoms with van der Waals surface area (Å²) in [5, 5.41) is 0. The largest absolute Gasteiger partial charge is 0.353 e. The van der Waals surface area contributed by atoms with E-state index in [-0.39, 0.29) is 17.7 Å². The van der Waals surface area contributed by atoms with Gasteiger partial charge >= 0.3 is 0 Å². The molecule has 0 saturated carbocycles. The predicted molar refractivity (Wildman–Crippen MR) is 116 cm³/mol. The van der Waals surface area contributed by atoms with Gasteiger partial charge in [0, 0.05) is 37.9 Å². The highest BCUT2D eigenvalue weighted by atomic mass is 16.2. The Hall–Kier alpha value is -4.00. The van der Waals surface area contributed by atoms with Gasteiger partial charge in [0.25, 0.3) is 17.7 Å². The van der Waals surface area contributed by atoms with Crippen molar-refractivity contribution in [2.45, 2.75) is 0 Å². The fourth-order valence-electron chi connectivity index (χ4n) is 4.04. The third-order valence-corrected chi connectivity index (χ3v) is 5.71. The zero-order chi connectivity index (χ0) is 21.4. The molecule has 0 aliphatic carbocycles. The first-order valence-electron chi connectivity index (χ1n) is 10.2. The standard InChI is InChI=1S/C24H20N4O3/c29-22(27-15-13-26(14-16-27)21-7-3-4-12-25-21)17-8-10-18(11-9-17)28-23(30)19-5-1-2-6-20(19)24(28)31/h1-12H,13-16H2. The molecule has 2 aliphatic rings. The van der Waals surface area contributed by atoms with Gasteiger partial charge in [-0.05, 0) is 48.5 Å². The second kappa shape index (κ2) is 7.68. The molecule has 0 N–H and O–H groups in total. The monoisotopic (exact) mass is 412 g/mol. The number of carbonyl (C=O) groups is 3. The summed E-state index contributed by atoms with van der Waals surface area (Å²) in [6, 6.07) is 19.2. The van der Waals surface area contributed by atoms with Crippen molar-refractivity contribution in [3.8, 4) is 0 Å². The van der Waals surface area contributed by atoms with Crippen molar-refractivity contribution in [3.63, 3.8) is 0 Å². The van der Waals surface area contributed by atoms with Gasteiger partial charge in [-0.1, -0.05) is 18.2 Å². The number of hydrogen-bond donors (Lipinski definition) is 0. The molecule has 0 atom stereocenters. The lowest BCUT2D eigenvalue weighted by Crippen LogP contribution is -2.49. The van der Waals surface area contributed by atoms with E-state index in [0.717, 1.165) is 23.8 Å². The van der Waals surface area contributed by atoms with Crippen LogP contribution in [0.1, 0.15) is 31.1 Å². The number of imide groups is 1. The molecular weight excluding hydrogens is 392 g/mol. The first-order chi connectivity index (χ1) is 15.1. The second-order valence-corrected chi connectivity index (χ2v) is 7.51. The number of carbonyl (C=O) groups excluding carboxylic acids is 3. The Morgan fingerprint density at radius 3 is 1.94 bits per heavy atom. The van der Waals surface area contributed by atoms with E-state index in [9.17, 15) is 14.4 Å². The molecule has 0 spiro atoms. The topological polar surface area (TPSA) is 73.8 Å². The Kier molecular flexibility index (Phi) is 4.71. The summed E-state index contributed by atoms with van der Waals surface area (Å²) in [7, 11) is 0. The highest BCUT2D eigenvalue weighted by molar-refractivity contribution is 6.34. The maximum atomic E-state index is 12.9. The van der Waals surface area contributed by atoms with Gasteiger partial charge in [-0.2, -0.15) is 0 Å². The first-order valence-corrected chi connectivity index (χ1v) is 10.2. The molecule has 1 aromatic heterocycles. The minimum Gasteiger partial charge on any atom is -0.353 e. The van der Waals surface area contributed by atoms with Crippen LogP contribution in [-0.4, -0.2) is 53.8 Å². The quantitative estimate of drug-likeness (QED) is 0.619. The molecule has 0 radical (unpaired) electrons. The van der Waals surface area contributed by atoms with Crippen molar-refractivity contribution in [2.24, 2.45) is 0 Å². The van der Waals surface area contributed by atoms with Crippen LogP contribution in [0.3, 0.4) is 0 Å². The molecule has 2 aromatic carbocycles. The Labute approximate surface area is 179 Å². The predicted octanol–water partition coefficient (Wildman–Crippen LogP) is 2.84. The van der Waals surface area contributed by atoms with Crippen molar-refractivity contribution in [2.75, 3.05) is 36.0 Å². The van der Waals surface area contributed by atoms with Crippen molar-refractivity contribution >= 4 is 29.2 Å². The lowest BCUT2D eigenvalue weighted by molar-refractivity contribution is 0.0746. The number of rotatable bonds is 3. The van der Waals surface area contributed by atoms with Crippen molar-refractivity contribution in [3.05, 3.63) is 89.6 Å². The third-order valence-electron chi connectivity index (χ3n) is 5.71. The van der Waals surface area contributed by atoms with Crippen molar-refractivity contribution < 1.29 is 14.4 Å². The normalized spacial score (nSPS) is 15.9. The summed E-state index contributed by atoms with van der Waals surface area (Å²) >= 11 is 0. The number of nitrogens with zero attached hydrogens (tertiary/aromatic N) is 4. The fraction of sp³-hybridized carbons (Fsp3) is 0.167. The third kappa shape index (κ3) is 3.34. The Bertz CT molecular complexity index is 1120. The summed E-state index contributed by atoms with van der Waals surface area (Å²) in [5.41, 5.74) is 1.80. The zero-order valence-corrected chi connectivity index (χ0v) is 16.8. The molecule has 0 bridgehead atoms. The Morgan fingerprint density at radius 2 is 1.35 bits per heavy atom. The van der Waals surface area contributed by atoms with Gasteiger partial charge in [-0.3, -0.25) is 14.4 Å². The Balaban J connectivity index is 1.27. The summed E-state index contributed by atoms with van der Waals surface area (Å²) in [5.74, 6) is 0.171. The fourth-order valence-corrected chi connectivity index (χ4v) is 4.04. The van der Waals surface area contributed by atoms with Crippen LogP contribution in [0.5, 0.6) is 0 Å². The molecule has 3 heterocycles. The summed E-state index contributed by atoms with van der Waals surface area (Å²) in [6.07, 6.45) is 1.77. The number of aromatic nitrogens is 1. The van der Waals surface area contributed by atoms with Crippen LogP contribution in [0.15, 0.2) is 72.9 Å². The smallest absolute Gasteiger partial charge is 0.266 e. The van der Waals surface area contributed by atoms with E-state index in [1.807, 2.05) is 23.1 Å². The minimum absolute atomic E-state index is 0.0606. The average Bonchev–Trinajstić information content (AvgIpc) is 3.09. The molecule has 2 aliphatic heterocycles. The average molecular weight is 412 g/mol. The number of anilines is 2. The van der Waals surface area contributed by atoms with Gasteiger partial charge in [0.05, 0.1) is 16.8 Å². The molecular formula is C24H20N4O3. The number of piperazine rings is 1. The molecule has 31 heavy (non-hydrogen) atoms. The number of benzene rings is 2. The highest BCUT2D eigenvalue weighted by Gasteiger charge is 2.36. The van der Waals surface area contributed by atoms with Crippen LogP contribution in [0, 0.1) is 0 Å². The molecule has 0 unspecified atom stereocenters. The molecule has 3 aromatic rings. The second-order valence-electron chi connectivity index (χ2n) is 7.51. The molecule has 1 saturated heterocycles. The van der Waals surface area contributed by atoms with Crippen LogP contribution in [0.2, 0.25) is 0 Å². The van der Waals surface area contributed by atoms with Gasteiger partial charge in [0.15, 0.2) is 0 Å². The maximum Gasteiger partial charge on any atom is 0.266 e. The number of fused-ring (bicyclic) bond motifs is 1. The molecule has 1 fully saturated rings. The molecule has 154 valence electrons. The van der Waals surface area contributed by atoms with Crippen LogP contribution in [0.25, 0.3) is 0 Å². The van der Waals surface area contributed by atoms with E-state index in [1.54, 1.807) is 54.7 Å². The lowest BCUT2D eigenvalue weighted by Gasteiger charge is -2.35. The highest BCUT2D eigenvalue weighted by Crippen LogP contribution is 2.28. The summed E-state index contributed by atoms with van der Waals surface area (Å²) in [6.45, 7) is 2.65. The van der Waals surface area contributed by atoms with Gasteiger partial charge in [-0.15, -0.1) is 0 Å². The van der Waals surface area contributed by atoms with Crippen molar-refractivity contribution in [1.82, 2.24) is 9.88 Å². The molecule has 3 amide bonds. The van der Waals surface area contributed by atoms with E-state index in [2.05, 4.69) is 9.88 Å². The van der Waals surface area contributed by atoms with Crippen molar-refractivity contribution in [1.29, 1.82) is 0 Å². The summed E-state index contributed by atoms with van der Waals surface area (Å²) < 4.78 is 0. The van der Waals surface area contributed by atoms with E-state index in [4.69, 9.17) is 0 Å². The maximum absolute atomic E-state index is 12.9. The summed E-state index contributed by atoms with van der Waals surface area (Å²) in [4.78, 5) is 47.7.